The van der Waals surface area contributed by atoms with Crippen molar-refractivity contribution in [2.24, 2.45) is 11.8 Å². The van der Waals surface area contributed by atoms with Gasteiger partial charge in [0.05, 0.1) is 6.54 Å². The number of hydrogen-bond acceptors (Lipinski definition) is 3. The molecule has 0 amide bonds. The summed E-state index contributed by atoms with van der Waals surface area (Å²) in [5.41, 5.74) is 8.20. The summed E-state index contributed by atoms with van der Waals surface area (Å²) in [6.07, 6.45) is 0. The average molecular weight is 249 g/mol. The van der Waals surface area contributed by atoms with Crippen LogP contribution >= 0.6 is 0 Å². The minimum atomic E-state index is 0.643. The molecule has 1 rings (SSSR count). The zero-order chi connectivity index (χ0) is 13.4. The molecule has 0 heterocycles. The highest BCUT2D eigenvalue weighted by Crippen LogP contribution is 2.02. The predicted molar refractivity (Wildman–Crippen MR) is 77.7 cm³/mol. The molecule has 18 heavy (non-hydrogen) atoms. The molecule has 1 aromatic carbocycles. The Bertz CT molecular complexity index is 297. The van der Waals surface area contributed by atoms with E-state index in [4.69, 9.17) is 0 Å². The molecule has 0 saturated heterocycles. The molecule has 2 N–H and O–H groups in total. The lowest BCUT2D eigenvalue weighted by Gasteiger charge is -2.26. The first-order chi connectivity index (χ1) is 8.58. The number of nitrogens with one attached hydrogen (secondary N) is 2. The third kappa shape index (κ3) is 6.74. The fourth-order valence-corrected chi connectivity index (χ4v) is 1.52. The second kappa shape index (κ2) is 8.25. The largest absolute Gasteiger partial charge is 0.241 e. The SMILES string of the molecule is CC(C)CNN(Cc1ccccc1)NCC(C)C. The second-order valence-electron chi connectivity index (χ2n) is 5.58. The van der Waals surface area contributed by atoms with Crippen LogP contribution in [0.25, 0.3) is 0 Å². The lowest BCUT2D eigenvalue weighted by atomic mass is 10.2. The summed E-state index contributed by atoms with van der Waals surface area (Å²) in [6.45, 7) is 11.7. The van der Waals surface area contributed by atoms with E-state index in [2.05, 4.69) is 74.0 Å². The molecule has 0 spiro atoms. The Balaban J connectivity index is 2.48. The average Bonchev–Trinajstić information content (AvgIpc) is 2.33. The van der Waals surface area contributed by atoms with Gasteiger partial charge in [0.25, 0.3) is 0 Å². The van der Waals surface area contributed by atoms with E-state index in [0.29, 0.717) is 11.8 Å². The summed E-state index contributed by atoms with van der Waals surface area (Å²) in [4.78, 5) is 0. The minimum Gasteiger partial charge on any atom is -0.241 e. The Kier molecular flexibility index (Phi) is 6.94. The van der Waals surface area contributed by atoms with Crippen LogP contribution in [0.1, 0.15) is 33.3 Å². The summed E-state index contributed by atoms with van der Waals surface area (Å²) >= 11 is 0. The zero-order valence-corrected chi connectivity index (χ0v) is 12.1. The highest BCUT2D eigenvalue weighted by molar-refractivity contribution is 5.14. The van der Waals surface area contributed by atoms with Crippen LogP contribution in [0.15, 0.2) is 30.3 Å². The van der Waals surface area contributed by atoms with Crippen molar-refractivity contribution >= 4 is 0 Å². The fourth-order valence-electron chi connectivity index (χ4n) is 1.52. The summed E-state index contributed by atoms with van der Waals surface area (Å²) in [5.74, 6) is 1.29. The van der Waals surface area contributed by atoms with E-state index in [-0.39, 0.29) is 0 Å². The molecule has 0 atom stereocenters. The first kappa shape index (κ1) is 15.2. The van der Waals surface area contributed by atoms with Crippen LogP contribution < -0.4 is 10.9 Å². The van der Waals surface area contributed by atoms with Gasteiger partial charge < -0.3 is 0 Å². The van der Waals surface area contributed by atoms with Crippen molar-refractivity contribution in [3.63, 3.8) is 0 Å². The predicted octanol–water partition coefficient (Wildman–Crippen LogP) is 2.81. The van der Waals surface area contributed by atoms with E-state index in [1.165, 1.54) is 5.56 Å². The van der Waals surface area contributed by atoms with Gasteiger partial charge in [0, 0.05) is 13.1 Å². The summed E-state index contributed by atoms with van der Waals surface area (Å²) in [7, 11) is 0. The van der Waals surface area contributed by atoms with Gasteiger partial charge in [0.1, 0.15) is 0 Å². The maximum atomic E-state index is 3.45. The van der Waals surface area contributed by atoms with Gasteiger partial charge in [-0.05, 0) is 17.4 Å². The monoisotopic (exact) mass is 249 g/mol. The van der Waals surface area contributed by atoms with Crippen molar-refractivity contribution < 1.29 is 0 Å². The van der Waals surface area contributed by atoms with Crippen LogP contribution in [-0.4, -0.2) is 18.2 Å². The van der Waals surface area contributed by atoms with E-state index in [1.807, 2.05) is 0 Å². The summed E-state index contributed by atoms with van der Waals surface area (Å²) in [5, 5.41) is 2.11. The van der Waals surface area contributed by atoms with Gasteiger partial charge in [0.15, 0.2) is 0 Å². The second-order valence-corrected chi connectivity index (χ2v) is 5.58. The molecular weight excluding hydrogens is 222 g/mol. The third-order valence-electron chi connectivity index (χ3n) is 2.56. The van der Waals surface area contributed by atoms with E-state index >= 15 is 0 Å². The first-order valence-corrected chi connectivity index (χ1v) is 6.86. The number of hydrazine groups is 2. The third-order valence-corrected chi connectivity index (χ3v) is 2.56. The van der Waals surface area contributed by atoms with E-state index < -0.39 is 0 Å². The lowest BCUT2D eigenvalue weighted by Crippen LogP contribution is -2.49. The van der Waals surface area contributed by atoms with Crippen LogP contribution in [0.2, 0.25) is 0 Å². The van der Waals surface area contributed by atoms with Gasteiger partial charge in [-0.25, -0.2) is 10.9 Å². The molecule has 0 aliphatic heterocycles. The highest BCUT2D eigenvalue weighted by atomic mass is 15.7. The Hall–Kier alpha value is -0.900. The smallest absolute Gasteiger partial charge is 0.0538 e. The van der Waals surface area contributed by atoms with Crippen LogP contribution in [0.3, 0.4) is 0 Å². The lowest BCUT2D eigenvalue weighted by molar-refractivity contribution is 0.0916. The molecule has 0 aliphatic carbocycles. The number of benzene rings is 1. The zero-order valence-electron chi connectivity index (χ0n) is 12.1. The normalized spacial score (nSPS) is 11.7. The molecule has 0 radical (unpaired) electrons. The van der Waals surface area contributed by atoms with Gasteiger partial charge in [-0.2, -0.15) is 5.12 Å². The molecule has 0 bridgehead atoms. The summed E-state index contributed by atoms with van der Waals surface area (Å²) < 4.78 is 0. The quantitative estimate of drug-likeness (QED) is 0.694. The maximum Gasteiger partial charge on any atom is 0.0538 e. The highest BCUT2D eigenvalue weighted by Gasteiger charge is 2.06. The van der Waals surface area contributed by atoms with Crippen molar-refractivity contribution in [2.75, 3.05) is 13.1 Å². The first-order valence-electron chi connectivity index (χ1n) is 6.86. The van der Waals surface area contributed by atoms with Gasteiger partial charge in [-0.15, -0.1) is 0 Å². The molecule has 0 fully saturated rings. The minimum absolute atomic E-state index is 0.643. The van der Waals surface area contributed by atoms with Gasteiger partial charge in [0.2, 0.25) is 0 Å². The van der Waals surface area contributed by atoms with Crippen molar-refractivity contribution in [3.8, 4) is 0 Å². The molecule has 3 heteroatoms. The van der Waals surface area contributed by atoms with Crippen molar-refractivity contribution in [3.05, 3.63) is 35.9 Å². The fraction of sp³-hybridized carbons (Fsp3) is 0.600. The molecule has 102 valence electrons. The Labute approximate surface area is 112 Å². The van der Waals surface area contributed by atoms with Crippen LogP contribution in [0.5, 0.6) is 0 Å². The molecule has 0 aromatic heterocycles. The molecule has 1 aromatic rings. The van der Waals surface area contributed by atoms with Gasteiger partial charge >= 0.3 is 0 Å². The van der Waals surface area contributed by atoms with Crippen molar-refractivity contribution in [1.82, 2.24) is 16.0 Å². The molecular formula is C15H27N3. The maximum absolute atomic E-state index is 3.45. The number of nitrogens with zero attached hydrogens (tertiary/aromatic N) is 1. The van der Waals surface area contributed by atoms with Crippen molar-refractivity contribution in [1.29, 1.82) is 0 Å². The Morgan fingerprint density at radius 3 is 1.83 bits per heavy atom. The van der Waals surface area contributed by atoms with Crippen LogP contribution in [-0.2, 0) is 6.54 Å². The molecule has 0 aliphatic rings. The number of hydrogen-bond donors (Lipinski definition) is 2. The Morgan fingerprint density at radius 1 is 0.889 bits per heavy atom. The molecule has 0 saturated carbocycles. The van der Waals surface area contributed by atoms with Gasteiger partial charge in [-0.1, -0.05) is 58.0 Å². The Morgan fingerprint density at radius 2 is 1.39 bits per heavy atom. The topological polar surface area (TPSA) is 27.3 Å². The van der Waals surface area contributed by atoms with E-state index in [9.17, 15) is 0 Å². The molecule has 0 unspecified atom stereocenters. The summed E-state index contributed by atoms with van der Waals surface area (Å²) in [6, 6.07) is 10.5. The number of rotatable bonds is 8. The van der Waals surface area contributed by atoms with E-state index in [0.717, 1.165) is 19.6 Å². The standard InChI is InChI=1S/C15H27N3/c1-13(2)10-16-18(17-11-14(3)4)12-15-8-6-5-7-9-15/h5-9,13-14,16-17H,10-12H2,1-4H3. The van der Waals surface area contributed by atoms with E-state index in [1.54, 1.807) is 0 Å². The van der Waals surface area contributed by atoms with Gasteiger partial charge in [-0.3, -0.25) is 0 Å². The van der Waals surface area contributed by atoms with Crippen LogP contribution in [0.4, 0.5) is 0 Å². The van der Waals surface area contributed by atoms with Crippen LogP contribution in [0, 0.1) is 11.8 Å². The molecule has 3 nitrogen and oxygen atoms in total. The van der Waals surface area contributed by atoms with Crippen molar-refractivity contribution in [2.45, 2.75) is 34.2 Å².